The highest BCUT2D eigenvalue weighted by molar-refractivity contribution is 4.99. The molecular weight excluding hydrogens is 114 g/mol. The summed E-state index contributed by atoms with van der Waals surface area (Å²) in [6, 6.07) is 7.13. The van der Waals surface area contributed by atoms with Crippen LogP contribution in [-0.2, 0) is 0 Å². The Morgan fingerprint density at radius 1 is 1.78 bits per heavy atom. The van der Waals surface area contributed by atoms with Gasteiger partial charge in [-0.1, -0.05) is 6.07 Å². The molecule has 0 N–H and O–H groups in total. The lowest BCUT2D eigenvalue weighted by molar-refractivity contribution is 0.327. The van der Waals surface area contributed by atoms with E-state index in [0.29, 0.717) is 12.5 Å². The summed E-state index contributed by atoms with van der Waals surface area (Å²) in [5, 5.41) is 0. The number of hydrogen-bond donors (Lipinski definition) is 0. The smallest absolute Gasteiger partial charge is 0.268 e. The van der Waals surface area contributed by atoms with Gasteiger partial charge >= 0.3 is 0 Å². The highest BCUT2D eigenvalue weighted by atomic mass is 16.5. The van der Waals surface area contributed by atoms with Crippen LogP contribution in [0.5, 0.6) is 5.88 Å². The summed E-state index contributed by atoms with van der Waals surface area (Å²) in [6.45, 7) is 2.53. The minimum Gasteiger partial charge on any atom is -0.472 e. The number of hydrogen-bond acceptors (Lipinski definition) is 2. The predicted molar refractivity (Wildman–Crippen MR) is 33.1 cm³/mol. The van der Waals surface area contributed by atoms with Crippen molar-refractivity contribution < 1.29 is 4.74 Å². The second-order valence-electron chi connectivity index (χ2n) is 1.45. The van der Waals surface area contributed by atoms with E-state index in [4.69, 9.17) is 4.74 Å². The van der Waals surface area contributed by atoms with Crippen LogP contribution in [0.25, 0.3) is 0 Å². The quantitative estimate of drug-likeness (QED) is 0.584. The van der Waals surface area contributed by atoms with Gasteiger partial charge < -0.3 is 4.74 Å². The average molecular weight is 121 g/mol. The van der Waals surface area contributed by atoms with Gasteiger partial charge in [0, 0.05) is 12.3 Å². The highest BCUT2D eigenvalue weighted by Gasteiger charge is 1.84. The van der Waals surface area contributed by atoms with E-state index in [9.17, 15) is 0 Å². The van der Waals surface area contributed by atoms with Crippen molar-refractivity contribution in [2.75, 3.05) is 6.61 Å². The lowest BCUT2D eigenvalue weighted by Gasteiger charge is -1.93. The molecule has 0 aliphatic heterocycles. The van der Waals surface area contributed by atoms with Crippen LogP contribution in [0.15, 0.2) is 12.3 Å². The van der Waals surface area contributed by atoms with Crippen molar-refractivity contribution in [1.29, 1.82) is 0 Å². The average Bonchev–Trinajstić information content (AvgIpc) is 1.91. The standard InChI is InChI=1S/C7H7NO/c1-2-9-7-5-3-4-6-8-7/h4,6H,2H2,1H3. The lowest BCUT2D eigenvalue weighted by Crippen LogP contribution is -1.91. The molecule has 2 nitrogen and oxygen atoms in total. The van der Waals surface area contributed by atoms with E-state index >= 15 is 0 Å². The number of ether oxygens (including phenoxy) is 1. The summed E-state index contributed by atoms with van der Waals surface area (Å²) >= 11 is 0. The maximum absolute atomic E-state index is 5.01. The van der Waals surface area contributed by atoms with Crippen LogP contribution in [0.3, 0.4) is 0 Å². The van der Waals surface area contributed by atoms with Crippen LogP contribution in [0.1, 0.15) is 6.92 Å². The Morgan fingerprint density at radius 3 is 3.22 bits per heavy atom. The highest BCUT2D eigenvalue weighted by Crippen LogP contribution is 1.95. The zero-order valence-electron chi connectivity index (χ0n) is 5.22. The van der Waals surface area contributed by atoms with Crippen molar-refractivity contribution in [3.63, 3.8) is 0 Å². The van der Waals surface area contributed by atoms with E-state index in [2.05, 4.69) is 17.1 Å². The third-order valence-electron chi connectivity index (χ3n) is 0.810. The van der Waals surface area contributed by atoms with Crippen molar-refractivity contribution in [3.05, 3.63) is 24.4 Å². The molecule has 0 bridgehead atoms. The molecule has 0 unspecified atom stereocenters. The zero-order valence-corrected chi connectivity index (χ0v) is 5.22. The second-order valence-corrected chi connectivity index (χ2v) is 1.45. The third-order valence-corrected chi connectivity index (χ3v) is 0.810. The molecule has 0 atom stereocenters. The third kappa shape index (κ3) is 1.61. The molecule has 0 fully saturated rings. The maximum atomic E-state index is 5.01. The molecule has 0 saturated carbocycles. The van der Waals surface area contributed by atoms with Crippen LogP contribution in [0.2, 0.25) is 0 Å². The molecule has 0 amide bonds. The minimum atomic E-state index is 0.514. The first kappa shape index (κ1) is 5.90. The Morgan fingerprint density at radius 2 is 2.67 bits per heavy atom. The molecule has 1 heterocycles. The molecule has 0 aliphatic carbocycles. The van der Waals surface area contributed by atoms with Gasteiger partial charge in [0.1, 0.15) is 0 Å². The van der Waals surface area contributed by atoms with Gasteiger partial charge in [0.25, 0.3) is 5.88 Å². The van der Waals surface area contributed by atoms with Crippen molar-refractivity contribution in [1.82, 2.24) is 4.98 Å². The van der Waals surface area contributed by atoms with Gasteiger partial charge in [0.2, 0.25) is 0 Å². The fraction of sp³-hybridized carbons (Fsp3) is 0.286. The van der Waals surface area contributed by atoms with E-state index in [1.54, 1.807) is 12.3 Å². The lowest BCUT2D eigenvalue weighted by atomic mass is 10.6. The number of rotatable bonds is 2. The SMILES string of the molecule is CCOc1c#cccn1. The predicted octanol–water partition coefficient (Wildman–Crippen LogP) is 1.08. The van der Waals surface area contributed by atoms with Gasteiger partial charge in [-0.25, -0.2) is 4.98 Å². The summed E-state index contributed by atoms with van der Waals surface area (Å²) in [5.41, 5.74) is 0. The first-order chi connectivity index (χ1) is 4.43. The van der Waals surface area contributed by atoms with E-state index in [1.165, 1.54) is 0 Å². The normalized spacial score (nSPS) is 8.11. The fourth-order valence-corrected chi connectivity index (χ4v) is 0.488. The van der Waals surface area contributed by atoms with Gasteiger partial charge in [-0.3, -0.25) is 0 Å². The van der Waals surface area contributed by atoms with Gasteiger partial charge in [0.05, 0.1) is 6.61 Å². The van der Waals surface area contributed by atoms with Crippen molar-refractivity contribution >= 4 is 0 Å². The van der Waals surface area contributed by atoms with Crippen molar-refractivity contribution in [3.8, 4) is 5.88 Å². The molecule has 0 spiro atoms. The summed E-state index contributed by atoms with van der Waals surface area (Å²) in [4.78, 5) is 3.86. The summed E-state index contributed by atoms with van der Waals surface area (Å²) in [5.74, 6) is 0.514. The van der Waals surface area contributed by atoms with Crippen LogP contribution < -0.4 is 4.74 Å². The van der Waals surface area contributed by atoms with Gasteiger partial charge in [-0.05, 0) is 13.0 Å². The number of aromatic nitrogens is 1. The van der Waals surface area contributed by atoms with Crippen molar-refractivity contribution in [2.24, 2.45) is 0 Å². The van der Waals surface area contributed by atoms with E-state index in [1.807, 2.05) is 6.92 Å². The molecule has 0 radical (unpaired) electrons. The Labute approximate surface area is 54.5 Å². The zero-order chi connectivity index (χ0) is 6.53. The number of nitrogens with zero attached hydrogens (tertiary/aromatic N) is 1. The minimum absolute atomic E-state index is 0.514. The molecule has 46 valence electrons. The van der Waals surface area contributed by atoms with E-state index < -0.39 is 0 Å². The van der Waals surface area contributed by atoms with Gasteiger partial charge in [0.15, 0.2) is 0 Å². The molecule has 1 rings (SSSR count). The molecular formula is C7H7NO. The van der Waals surface area contributed by atoms with Gasteiger partial charge in [-0.15, -0.1) is 0 Å². The van der Waals surface area contributed by atoms with Crippen LogP contribution in [0, 0.1) is 12.1 Å². The van der Waals surface area contributed by atoms with E-state index in [-0.39, 0.29) is 0 Å². The van der Waals surface area contributed by atoms with Crippen LogP contribution >= 0.6 is 0 Å². The topological polar surface area (TPSA) is 22.1 Å². The van der Waals surface area contributed by atoms with Crippen LogP contribution in [0.4, 0.5) is 0 Å². The molecule has 0 aromatic carbocycles. The van der Waals surface area contributed by atoms with Crippen molar-refractivity contribution in [2.45, 2.75) is 6.92 Å². The molecule has 1 aromatic heterocycles. The Kier molecular flexibility index (Phi) is 1.92. The molecule has 1 aromatic rings. The van der Waals surface area contributed by atoms with Gasteiger partial charge in [-0.2, -0.15) is 0 Å². The summed E-state index contributed by atoms with van der Waals surface area (Å²) < 4.78 is 5.01. The molecule has 9 heavy (non-hydrogen) atoms. The monoisotopic (exact) mass is 121 g/mol. The summed E-state index contributed by atoms with van der Waals surface area (Å²) in [6.07, 6.45) is 1.63. The van der Waals surface area contributed by atoms with E-state index in [0.717, 1.165) is 0 Å². The second kappa shape index (κ2) is 2.93. The largest absolute Gasteiger partial charge is 0.472 e. The Balaban J connectivity index is 2.61. The summed E-state index contributed by atoms with van der Waals surface area (Å²) in [7, 11) is 0. The molecule has 2 heteroatoms. The molecule has 0 saturated heterocycles. The first-order valence-electron chi connectivity index (χ1n) is 2.80. The maximum Gasteiger partial charge on any atom is 0.268 e. The molecule has 0 aliphatic rings. The van der Waals surface area contributed by atoms with Crippen LogP contribution in [-0.4, -0.2) is 11.6 Å². The first-order valence-corrected chi connectivity index (χ1v) is 2.80. The Hall–Kier alpha value is -1.23. The Bertz CT molecular complexity index is 162. The fourth-order valence-electron chi connectivity index (χ4n) is 0.488.